The number of amides is 1. The van der Waals surface area contributed by atoms with E-state index in [4.69, 9.17) is 4.74 Å². The van der Waals surface area contributed by atoms with E-state index < -0.39 is 12.0 Å². The van der Waals surface area contributed by atoms with Crippen molar-refractivity contribution in [3.63, 3.8) is 0 Å². The van der Waals surface area contributed by atoms with E-state index in [0.29, 0.717) is 17.7 Å². The first-order chi connectivity index (χ1) is 14.2. The standard InChI is InChI=1S/C23H23N3O3/c1-2-29-23(28)18-11-5-6-13-19(18)24-22(27)21-14-20(25-26-21)17-12-7-9-15-8-3-4-10-16(15)17/h3-13,20-21,25-26H,2,14H2,1H3,(H,24,27). The number of nitrogens with one attached hydrogen (secondary N) is 3. The number of hydrogen-bond donors (Lipinski definition) is 3. The summed E-state index contributed by atoms with van der Waals surface area (Å²) in [6.07, 6.45) is 0.599. The Labute approximate surface area is 169 Å². The van der Waals surface area contributed by atoms with Gasteiger partial charge in [0.1, 0.15) is 6.04 Å². The SMILES string of the molecule is CCOC(=O)c1ccccc1NC(=O)C1CC(c2cccc3ccccc23)NN1. The molecule has 1 saturated heterocycles. The van der Waals surface area contributed by atoms with Gasteiger partial charge in [-0.25, -0.2) is 15.6 Å². The summed E-state index contributed by atoms with van der Waals surface area (Å²) in [5, 5.41) is 5.20. The summed E-state index contributed by atoms with van der Waals surface area (Å²) in [5.41, 5.74) is 8.27. The fraction of sp³-hybridized carbons (Fsp3) is 0.217. The summed E-state index contributed by atoms with van der Waals surface area (Å²) in [5.74, 6) is -0.647. The molecule has 1 fully saturated rings. The van der Waals surface area contributed by atoms with E-state index in [0.717, 1.165) is 5.56 Å². The first-order valence-electron chi connectivity index (χ1n) is 9.73. The van der Waals surface area contributed by atoms with Crippen LogP contribution in [0.3, 0.4) is 0 Å². The van der Waals surface area contributed by atoms with Gasteiger partial charge in [0.2, 0.25) is 5.91 Å². The van der Waals surface area contributed by atoms with Crippen LogP contribution in [0, 0.1) is 0 Å². The zero-order valence-electron chi connectivity index (χ0n) is 16.1. The smallest absolute Gasteiger partial charge is 0.340 e. The fourth-order valence-electron chi connectivity index (χ4n) is 3.69. The monoisotopic (exact) mass is 389 g/mol. The van der Waals surface area contributed by atoms with Crippen molar-refractivity contribution in [1.29, 1.82) is 0 Å². The van der Waals surface area contributed by atoms with Gasteiger partial charge in [-0.05, 0) is 41.8 Å². The first kappa shape index (κ1) is 19.1. The van der Waals surface area contributed by atoms with Crippen LogP contribution in [0.15, 0.2) is 66.7 Å². The number of esters is 1. The van der Waals surface area contributed by atoms with Crippen molar-refractivity contribution >= 4 is 28.3 Å². The van der Waals surface area contributed by atoms with E-state index in [1.807, 2.05) is 18.2 Å². The highest BCUT2D eigenvalue weighted by Gasteiger charge is 2.31. The molecule has 0 spiro atoms. The zero-order valence-corrected chi connectivity index (χ0v) is 16.1. The van der Waals surface area contributed by atoms with Crippen LogP contribution in [0.2, 0.25) is 0 Å². The summed E-state index contributed by atoms with van der Waals surface area (Å²) >= 11 is 0. The zero-order chi connectivity index (χ0) is 20.2. The molecule has 0 aromatic heterocycles. The van der Waals surface area contributed by atoms with Crippen molar-refractivity contribution in [2.75, 3.05) is 11.9 Å². The van der Waals surface area contributed by atoms with Crippen LogP contribution >= 0.6 is 0 Å². The van der Waals surface area contributed by atoms with Crippen LogP contribution < -0.4 is 16.2 Å². The molecule has 148 valence electrons. The number of rotatable bonds is 5. The molecule has 0 radical (unpaired) electrons. The highest BCUT2D eigenvalue weighted by atomic mass is 16.5. The second-order valence-corrected chi connectivity index (χ2v) is 6.95. The summed E-state index contributed by atoms with van der Waals surface area (Å²) in [4.78, 5) is 25.0. The predicted octanol–water partition coefficient (Wildman–Crippen LogP) is 3.56. The van der Waals surface area contributed by atoms with Crippen LogP contribution in [0.5, 0.6) is 0 Å². The Morgan fingerprint density at radius 1 is 1.00 bits per heavy atom. The average Bonchev–Trinajstić information content (AvgIpc) is 3.24. The molecule has 0 aliphatic carbocycles. The third-order valence-electron chi connectivity index (χ3n) is 5.10. The third-order valence-corrected chi connectivity index (χ3v) is 5.10. The quantitative estimate of drug-likeness (QED) is 0.582. The number of fused-ring (bicyclic) bond motifs is 1. The number of hydrogen-bond acceptors (Lipinski definition) is 5. The van der Waals surface area contributed by atoms with Gasteiger partial charge < -0.3 is 10.1 Å². The van der Waals surface area contributed by atoms with Gasteiger partial charge in [0.05, 0.1) is 17.9 Å². The van der Waals surface area contributed by atoms with Gasteiger partial charge in [-0.15, -0.1) is 0 Å². The molecule has 1 aliphatic rings. The van der Waals surface area contributed by atoms with Crippen molar-refractivity contribution in [2.24, 2.45) is 0 Å². The molecule has 1 aliphatic heterocycles. The molecule has 29 heavy (non-hydrogen) atoms. The van der Waals surface area contributed by atoms with Gasteiger partial charge in [-0.1, -0.05) is 54.6 Å². The van der Waals surface area contributed by atoms with E-state index in [1.54, 1.807) is 31.2 Å². The predicted molar refractivity (Wildman–Crippen MR) is 112 cm³/mol. The van der Waals surface area contributed by atoms with E-state index in [2.05, 4.69) is 40.4 Å². The summed E-state index contributed by atoms with van der Waals surface area (Å²) in [6.45, 7) is 2.03. The number of carbonyl (C=O) groups is 2. The van der Waals surface area contributed by atoms with Gasteiger partial charge in [0.25, 0.3) is 0 Å². The van der Waals surface area contributed by atoms with Crippen LogP contribution in [0.1, 0.15) is 35.3 Å². The minimum Gasteiger partial charge on any atom is -0.462 e. The third kappa shape index (κ3) is 3.99. The van der Waals surface area contributed by atoms with Crippen molar-refractivity contribution in [1.82, 2.24) is 10.9 Å². The maximum absolute atomic E-state index is 12.8. The number of para-hydroxylation sites is 1. The molecule has 1 heterocycles. The normalized spacial score (nSPS) is 18.5. The molecule has 0 bridgehead atoms. The molecular formula is C23H23N3O3. The highest BCUT2D eigenvalue weighted by molar-refractivity contribution is 6.02. The van der Waals surface area contributed by atoms with E-state index in [9.17, 15) is 9.59 Å². The Balaban J connectivity index is 1.49. The largest absolute Gasteiger partial charge is 0.462 e. The second-order valence-electron chi connectivity index (χ2n) is 6.95. The summed E-state index contributed by atoms with van der Waals surface area (Å²) < 4.78 is 5.07. The minimum absolute atomic E-state index is 0.0113. The van der Waals surface area contributed by atoms with Gasteiger partial charge in [-0.3, -0.25) is 4.79 Å². The molecule has 0 saturated carbocycles. The van der Waals surface area contributed by atoms with E-state index in [1.165, 1.54) is 10.8 Å². The number of anilines is 1. The average molecular weight is 389 g/mol. The van der Waals surface area contributed by atoms with Crippen molar-refractivity contribution in [3.8, 4) is 0 Å². The maximum atomic E-state index is 12.8. The number of ether oxygens (including phenoxy) is 1. The molecule has 4 rings (SSSR count). The number of benzene rings is 3. The van der Waals surface area contributed by atoms with Crippen LogP contribution in [-0.2, 0) is 9.53 Å². The molecule has 1 amide bonds. The second kappa shape index (κ2) is 8.43. The molecule has 3 N–H and O–H groups in total. The molecule has 3 aromatic rings. The maximum Gasteiger partial charge on any atom is 0.340 e. The minimum atomic E-state index is -0.450. The Morgan fingerprint density at radius 2 is 1.76 bits per heavy atom. The first-order valence-corrected chi connectivity index (χ1v) is 9.73. The number of carbonyl (C=O) groups excluding carboxylic acids is 2. The Bertz CT molecular complexity index is 1040. The van der Waals surface area contributed by atoms with Crippen LogP contribution in [-0.4, -0.2) is 24.5 Å². The fourth-order valence-corrected chi connectivity index (χ4v) is 3.69. The van der Waals surface area contributed by atoms with Gasteiger partial charge >= 0.3 is 5.97 Å². The lowest BCUT2D eigenvalue weighted by molar-refractivity contribution is -0.117. The Hall–Kier alpha value is -3.22. The highest BCUT2D eigenvalue weighted by Crippen LogP contribution is 2.29. The van der Waals surface area contributed by atoms with E-state index >= 15 is 0 Å². The van der Waals surface area contributed by atoms with Crippen molar-refractivity contribution in [2.45, 2.75) is 25.4 Å². The molecule has 2 atom stereocenters. The molecule has 6 nitrogen and oxygen atoms in total. The van der Waals surface area contributed by atoms with Crippen molar-refractivity contribution in [3.05, 3.63) is 77.9 Å². The van der Waals surface area contributed by atoms with E-state index in [-0.39, 0.29) is 18.6 Å². The molecule has 2 unspecified atom stereocenters. The summed E-state index contributed by atoms with van der Waals surface area (Å²) in [6, 6.07) is 20.9. The lowest BCUT2D eigenvalue weighted by atomic mass is 9.96. The topological polar surface area (TPSA) is 79.5 Å². The lowest BCUT2D eigenvalue weighted by Crippen LogP contribution is -2.39. The molecule has 3 aromatic carbocycles. The van der Waals surface area contributed by atoms with Gasteiger partial charge in [0.15, 0.2) is 0 Å². The van der Waals surface area contributed by atoms with Crippen LogP contribution in [0.25, 0.3) is 10.8 Å². The number of hydrazine groups is 1. The molecular weight excluding hydrogens is 366 g/mol. The summed E-state index contributed by atoms with van der Waals surface area (Å²) in [7, 11) is 0. The van der Waals surface area contributed by atoms with Gasteiger partial charge in [0, 0.05) is 6.04 Å². The van der Waals surface area contributed by atoms with Crippen molar-refractivity contribution < 1.29 is 14.3 Å². The Morgan fingerprint density at radius 3 is 2.62 bits per heavy atom. The lowest BCUT2D eigenvalue weighted by Gasteiger charge is -2.14. The van der Waals surface area contributed by atoms with Crippen LogP contribution in [0.4, 0.5) is 5.69 Å². The molecule has 6 heteroatoms. The van der Waals surface area contributed by atoms with Gasteiger partial charge in [-0.2, -0.15) is 0 Å². The Kier molecular flexibility index (Phi) is 5.55.